The lowest BCUT2D eigenvalue weighted by molar-refractivity contribution is -0.132. The van der Waals surface area contributed by atoms with E-state index >= 15 is 0 Å². The highest BCUT2D eigenvalue weighted by atomic mass is 19.1. The normalized spacial score (nSPS) is 14.9. The van der Waals surface area contributed by atoms with E-state index in [9.17, 15) is 9.18 Å². The summed E-state index contributed by atoms with van der Waals surface area (Å²) in [5, 5.41) is 4.03. The summed E-state index contributed by atoms with van der Waals surface area (Å²) in [7, 11) is 0. The molecule has 1 aliphatic heterocycles. The smallest absolute Gasteiger partial charge is 0.222 e. The van der Waals surface area contributed by atoms with E-state index in [0.717, 1.165) is 43.5 Å². The van der Waals surface area contributed by atoms with E-state index in [1.54, 1.807) is 18.4 Å². The molecule has 0 spiro atoms. The van der Waals surface area contributed by atoms with Crippen molar-refractivity contribution in [3.8, 4) is 11.3 Å². The number of hydrogen-bond acceptors (Lipinski definition) is 3. The molecule has 1 amide bonds. The molecule has 150 valence electrons. The average Bonchev–Trinajstić information content (AvgIpc) is 3.22. The van der Waals surface area contributed by atoms with Crippen molar-refractivity contribution in [2.45, 2.75) is 32.1 Å². The monoisotopic (exact) mass is 392 g/mol. The second-order valence-corrected chi connectivity index (χ2v) is 7.71. The number of halogens is 1. The van der Waals surface area contributed by atoms with Gasteiger partial charge in [-0.15, -0.1) is 0 Å². The molecule has 3 aromatic rings. The molecule has 0 unspecified atom stereocenters. The Balaban J connectivity index is 1.28. The van der Waals surface area contributed by atoms with Gasteiger partial charge in [-0.25, -0.2) is 4.39 Å². The third-order valence-corrected chi connectivity index (χ3v) is 5.70. The maximum Gasteiger partial charge on any atom is 0.222 e. The summed E-state index contributed by atoms with van der Waals surface area (Å²) in [6.45, 7) is 1.65. The topological polar surface area (TPSA) is 46.3 Å². The summed E-state index contributed by atoms with van der Waals surface area (Å²) in [6.07, 6.45) is 5.77. The fourth-order valence-electron chi connectivity index (χ4n) is 4.01. The van der Waals surface area contributed by atoms with Crippen molar-refractivity contribution < 1.29 is 13.7 Å². The molecule has 1 aromatic heterocycles. The fourth-order valence-corrected chi connectivity index (χ4v) is 4.01. The van der Waals surface area contributed by atoms with E-state index < -0.39 is 0 Å². The van der Waals surface area contributed by atoms with E-state index in [4.69, 9.17) is 4.52 Å². The van der Waals surface area contributed by atoms with Crippen molar-refractivity contribution in [3.05, 3.63) is 77.8 Å². The highest BCUT2D eigenvalue weighted by Gasteiger charge is 2.23. The lowest BCUT2D eigenvalue weighted by atomic mass is 9.90. The SMILES string of the molecule is O=C(CCc1conc1-c1ccc(F)cc1)N1CCC(Cc2ccccc2)CC1. The summed E-state index contributed by atoms with van der Waals surface area (Å²) >= 11 is 0. The Hall–Kier alpha value is -2.95. The molecular weight excluding hydrogens is 367 g/mol. The van der Waals surface area contributed by atoms with Crippen LogP contribution in [-0.2, 0) is 17.6 Å². The van der Waals surface area contributed by atoms with Gasteiger partial charge in [0.1, 0.15) is 17.8 Å². The van der Waals surface area contributed by atoms with Crippen LogP contribution in [0.3, 0.4) is 0 Å². The fraction of sp³-hybridized carbons (Fsp3) is 0.333. The number of likely N-dealkylation sites (tertiary alicyclic amines) is 1. The minimum atomic E-state index is -0.287. The zero-order valence-corrected chi connectivity index (χ0v) is 16.4. The molecule has 0 aliphatic carbocycles. The number of aromatic nitrogens is 1. The number of aryl methyl sites for hydroxylation is 1. The largest absolute Gasteiger partial charge is 0.364 e. The number of carbonyl (C=O) groups is 1. The van der Waals surface area contributed by atoms with Crippen LogP contribution in [0.15, 0.2) is 65.4 Å². The van der Waals surface area contributed by atoms with Gasteiger partial charge < -0.3 is 9.42 Å². The van der Waals surface area contributed by atoms with Crippen molar-refractivity contribution in [2.75, 3.05) is 13.1 Å². The maximum atomic E-state index is 13.1. The molecule has 4 nitrogen and oxygen atoms in total. The van der Waals surface area contributed by atoms with E-state index in [2.05, 4.69) is 29.4 Å². The van der Waals surface area contributed by atoms with E-state index in [1.165, 1.54) is 17.7 Å². The van der Waals surface area contributed by atoms with Gasteiger partial charge in [-0.3, -0.25) is 4.79 Å². The van der Waals surface area contributed by atoms with Crippen LogP contribution in [0.1, 0.15) is 30.4 Å². The Labute approximate surface area is 170 Å². The molecule has 0 radical (unpaired) electrons. The van der Waals surface area contributed by atoms with Crippen LogP contribution in [0.2, 0.25) is 0 Å². The van der Waals surface area contributed by atoms with Crippen molar-refractivity contribution in [3.63, 3.8) is 0 Å². The van der Waals surface area contributed by atoms with Gasteiger partial charge in [0.2, 0.25) is 5.91 Å². The molecule has 1 saturated heterocycles. The van der Waals surface area contributed by atoms with Crippen molar-refractivity contribution >= 4 is 5.91 Å². The molecule has 1 fully saturated rings. The summed E-state index contributed by atoms with van der Waals surface area (Å²) in [6, 6.07) is 16.7. The van der Waals surface area contributed by atoms with Crippen LogP contribution < -0.4 is 0 Å². The second kappa shape index (κ2) is 9.03. The van der Waals surface area contributed by atoms with Crippen LogP contribution in [0, 0.1) is 11.7 Å². The van der Waals surface area contributed by atoms with Gasteiger partial charge in [-0.2, -0.15) is 0 Å². The molecule has 0 atom stereocenters. The molecule has 0 bridgehead atoms. The van der Waals surface area contributed by atoms with Crippen LogP contribution >= 0.6 is 0 Å². The van der Waals surface area contributed by atoms with Gasteiger partial charge >= 0.3 is 0 Å². The number of nitrogens with zero attached hydrogens (tertiary/aromatic N) is 2. The van der Waals surface area contributed by atoms with Gasteiger partial charge in [0.15, 0.2) is 0 Å². The highest BCUT2D eigenvalue weighted by molar-refractivity contribution is 5.77. The first-order chi connectivity index (χ1) is 14.2. The number of benzene rings is 2. The zero-order chi connectivity index (χ0) is 20.1. The number of rotatable bonds is 6. The maximum absolute atomic E-state index is 13.1. The van der Waals surface area contributed by atoms with Gasteiger partial charge in [0, 0.05) is 30.6 Å². The Morgan fingerprint density at radius 2 is 1.79 bits per heavy atom. The third kappa shape index (κ3) is 4.91. The molecule has 0 N–H and O–H groups in total. The molecule has 4 rings (SSSR count). The van der Waals surface area contributed by atoms with Gasteiger partial charge in [0.25, 0.3) is 0 Å². The third-order valence-electron chi connectivity index (χ3n) is 5.70. The standard InChI is InChI=1S/C24H25FN2O2/c25-22-9-6-20(7-10-22)24-21(17-29-26-24)8-11-23(28)27-14-12-19(13-15-27)16-18-4-2-1-3-5-18/h1-7,9-10,17,19H,8,11-16H2. The first kappa shape index (κ1) is 19.4. The molecule has 29 heavy (non-hydrogen) atoms. The predicted octanol–water partition coefficient (Wildman–Crippen LogP) is 4.89. The molecule has 1 aliphatic rings. The molecule has 2 heterocycles. The van der Waals surface area contributed by atoms with Crippen LogP contribution in [0.5, 0.6) is 0 Å². The number of hydrogen-bond donors (Lipinski definition) is 0. The Bertz CT molecular complexity index is 929. The van der Waals surface area contributed by atoms with Crippen molar-refractivity contribution in [1.29, 1.82) is 0 Å². The van der Waals surface area contributed by atoms with Crippen LogP contribution in [-0.4, -0.2) is 29.1 Å². The van der Waals surface area contributed by atoms with Gasteiger partial charge in [-0.05, 0) is 61.4 Å². The quantitative estimate of drug-likeness (QED) is 0.600. The van der Waals surface area contributed by atoms with Gasteiger partial charge in [0.05, 0.1) is 0 Å². The summed E-state index contributed by atoms with van der Waals surface area (Å²) in [5.74, 6) is 0.531. The summed E-state index contributed by atoms with van der Waals surface area (Å²) in [5.41, 5.74) is 3.73. The highest BCUT2D eigenvalue weighted by Crippen LogP contribution is 2.25. The average molecular weight is 392 g/mol. The Kier molecular flexibility index (Phi) is 6.03. The van der Waals surface area contributed by atoms with Crippen molar-refractivity contribution in [1.82, 2.24) is 10.1 Å². The minimum Gasteiger partial charge on any atom is -0.364 e. The lowest BCUT2D eigenvalue weighted by Gasteiger charge is -2.32. The molecule has 5 heteroatoms. The Morgan fingerprint density at radius 3 is 2.52 bits per heavy atom. The molecule has 2 aromatic carbocycles. The minimum absolute atomic E-state index is 0.175. The molecular formula is C24H25FN2O2. The zero-order valence-electron chi connectivity index (χ0n) is 16.4. The second-order valence-electron chi connectivity index (χ2n) is 7.71. The van der Waals surface area contributed by atoms with Crippen molar-refractivity contribution in [2.24, 2.45) is 5.92 Å². The summed E-state index contributed by atoms with van der Waals surface area (Å²) in [4.78, 5) is 14.7. The first-order valence-corrected chi connectivity index (χ1v) is 10.2. The molecule has 0 saturated carbocycles. The first-order valence-electron chi connectivity index (χ1n) is 10.2. The summed E-state index contributed by atoms with van der Waals surface area (Å²) < 4.78 is 18.3. The van der Waals surface area contributed by atoms with Gasteiger partial charge in [-0.1, -0.05) is 35.5 Å². The van der Waals surface area contributed by atoms with Crippen LogP contribution in [0.25, 0.3) is 11.3 Å². The predicted molar refractivity (Wildman–Crippen MR) is 110 cm³/mol. The number of amides is 1. The lowest BCUT2D eigenvalue weighted by Crippen LogP contribution is -2.39. The van der Waals surface area contributed by atoms with E-state index in [-0.39, 0.29) is 11.7 Å². The number of carbonyl (C=O) groups excluding carboxylic acids is 1. The Morgan fingerprint density at radius 1 is 1.07 bits per heavy atom. The van der Waals surface area contributed by atoms with E-state index in [0.29, 0.717) is 24.5 Å². The van der Waals surface area contributed by atoms with Crippen LogP contribution in [0.4, 0.5) is 4.39 Å². The van der Waals surface area contributed by atoms with E-state index in [1.807, 2.05) is 11.0 Å². The number of piperidine rings is 1.